The highest BCUT2D eigenvalue weighted by atomic mass is 35.5. The van der Waals surface area contributed by atoms with Crippen molar-refractivity contribution in [1.82, 2.24) is 10.2 Å². The first kappa shape index (κ1) is 22.0. The van der Waals surface area contributed by atoms with Crippen LogP contribution in [-0.4, -0.2) is 41.5 Å². The monoisotopic (exact) mass is 382 g/mol. The Labute approximate surface area is 152 Å². The third kappa shape index (κ3) is 7.88. The Bertz CT molecular complexity index is 541. The lowest BCUT2D eigenvalue weighted by Gasteiger charge is -2.21. The van der Waals surface area contributed by atoms with Crippen molar-refractivity contribution in [2.75, 3.05) is 19.6 Å². The zero-order chi connectivity index (χ0) is 16.7. The predicted octanol–water partition coefficient (Wildman–Crippen LogP) is 3.39. The van der Waals surface area contributed by atoms with E-state index >= 15 is 0 Å². The lowest BCUT2D eigenvalue weighted by Crippen LogP contribution is -2.40. The van der Waals surface area contributed by atoms with E-state index in [1.165, 1.54) is 0 Å². The number of hydrogen-bond acceptors (Lipinski definition) is 3. The Morgan fingerprint density at radius 2 is 1.96 bits per heavy atom. The molecule has 1 unspecified atom stereocenters. The molecule has 1 atom stereocenters. The van der Waals surface area contributed by atoms with Crippen molar-refractivity contribution in [2.45, 2.75) is 26.3 Å². The minimum Gasteiger partial charge on any atom is -0.480 e. The van der Waals surface area contributed by atoms with Crippen molar-refractivity contribution in [3.05, 3.63) is 33.8 Å². The molecule has 0 saturated heterocycles. The molecular formula is C15H21Cl3N2O3. The van der Waals surface area contributed by atoms with Crippen LogP contribution in [0.2, 0.25) is 10.0 Å². The Morgan fingerprint density at radius 1 is 1.30 bits per heavy atom. The van der Waals surface area contributed by atoms with Gasteiger partial charge in [-0.3, -0.25) is 14.5 Å². The number of nitrogens with zero attached hydrogens (tertiary/aromatic N) is 1. The predicted molar refractivity (Wildman–Crippen MR) is 94.6 cm³/mol. The summed E-state index contributed by atoms with van der Waals surface area (Å²) in [5.41, 5.74) is 0.764. The fourth-order valence-electron chi connectivity index (χ4n) is 2.14. The van der Waals surface area contributed by atoms with E-state index in [4.69, 9.17) is 28.3 Å². The minimum absolute atomic E-state index is 0. The maximum Gasteiger partial charge on any atom is 0.317 e. The smallest absolute Gasteiger partial charge is 0.317 e. The first-order valence-corrected chi connectivity index (χ1v) is 7.77. The van der Waals surface area contributed by atoms with E-state index in [1.807, 2.05) is 13.8 Å². The van der Waals surface area contributed by atoms with Crippen molar-refractivity contribution in [2.24, 2.45) is 0 Å². The Balaban J connectivity index is 0.00000484. The number of amides is 1. The molecule has 1 rings (SSSR count). The standard InChI is InChI=1S/C15H20Cl2N2O3.ClH/c1-3-6-19(9-15(21)22)8-14(20)18-10(2)12-5-4-11(16)7-13(12)17;/h4-5,7,10H,3,6,8-9H2,1-2H3,(H,18,20)(H,21,22);1H. The van der Waals surface area contributed by atoms with Gasteiger partial charge in [0.05, 0.1) is 19.1 Å². The van der Waals surface area contributed by atoms with Gasteiger partial charge in [-0.05, 0) is 37.6 Å². The number of benzene rings is 1. The molecule has 1 amide bonds. The first-order valence-electron chi connectivity index (χ1n) is 7.02. The SMILES string of the molecule is CCCN(CC(=O)O)CC(=O)NC(C)c1ccc(Cl)cc1Cl.Cl. The van der Waals surface area contributed by atoms with Crippen LogP contribution in [0.15, 0.2) is 18.2 Å². The number of carbonyl (C=O) groups excluding carboxylic acids is 1. The molecule has 0 aliphatic carbocycles. The van der Waals surface area contributed by atoms with Gasteiger partial charge < -0.3 is 10.4 Å². The van der Waals surface area contributed by atoms with Gasteiger partial charge >= 0.3 is 5.97 Å². The second-order valence-corrected chi connectivity index (χ2v) is 5.90. The second kappa shape index (κ2) is 10.7. The zero-order valence-electron chi connectivity index (χ0n) is 13.0. The number of carboxylic acids is 1. The van der Waals surface area contributed by atoms with E-state index in [9.17, 15) is 9.59 Å². The van der Waals surface area contributed by atoms with Crippen LogP contribution in [0.3, 0.4) is 0 Å². The number of halogens is 3. The Kier molecular flexibility index (Phi) is 10.2. The van der Waals surface area contributed by atoms with E-state index in [1.54, 1.807) is 23.1 Å². The van der Waals surface area contributed by atoms with Crippen LogP contribution in [0.25, 0.3) is 0 Å². The molecule has 0 radical (unpaired) electrons. The van der Waals surface area contributed by atoms with E-state index in [-0.39, 0.29) is 37.4 Å². The Hall–Kier alpha value is -1.01. The van der Waals surface area contributed by atoms with Gasteiger partial charge in [-0.2, -0.15) is 0 Å². The van der Waals surface area contributed by atoms with Crippen LogP contribution in [0, 0.1) is 0 Å². The summed E-state index contributed by atoms with van der Waals surface area (Å²) in [7, 11) is 0. The van der Waals surface area contributed by atoms with Gasteiger partial charge in [0.1, 0.15) is 0 Å². The van der Waals surface area contributed by atoms with Gasteiger partial charge in [0, 0.05) is 10.0 Å². The summed E-state index contributed by atoms with van der Waals surface area (Å²) in [5.74, 6) is -1.19. The van der Waals surface area contributed by atoms with Crippen molar-refractivity contribution in [3.8, 4) is 0 Å². The maximum absolute atomic E-state index is 12.1. The molecule has 2 N–H and O–H groups in total. The van der Waals surface area contributed by atoms with Gasteiger partial charge in [-0.25, -0.2) is 0 Å². The van der Waals surface area contributed by atoms with Gasteiger partial charge in [0.15, 0.2) is 0 Å². The highest BCUT2D eigenvalue weighted by molar-refractivity contribution is 6.35. The molecular weight excluding hydrogens is 363 g/mol. The van der Waals surface area contributed by atoms with Crippen LogP contribution >= 0.6 is 35.6 Å². The molecule has 8 heteroatoms. The van der Waals surface area contributed by atoms with Crippen molar-refractivity contribution in [1.29, 1.82) is 0 Å². The van der Waals surface area contributed by atoms with Gasteiger partial charge in [0.25, 0.3) is 0 Å². The fraction of sp³-hybridized carbons (Fsp3) is 0.467. The fourth-order valence-corrected chi connectivity index (χ4v) is 2.71. The summed E-state index contributed by atoms with van der Waals surface area (Å²) in [6.45, 7) is 4.18. The quantitative estimate of drug-likeness (QED) is 0.722. The number of nitrogens with one attached hydrogen (secondary N) is 1. The van der Waals surface area contributed by atoms with Gasteiger partial charge in [0.2, 0.25) is 5.91 Å². The molecule has 0 aromatic heterocycles. The normalized spacial score (nSPS) is 11.7. The molecule has 0 aliphatic rings. The van der Waals surface area contributed by atoms with Gasteiger partial charge in [-0.15, -0.1) is 12.4 Å². The third-order valence-corrected chi connectivity index (χ3v) is 3.63. The van der Waals surface area contributed by atoms with Crippen molar-refractivity contribution >= 4 is 47.5 Å². The lowest BCUT2D eigenvalue weighted by atomic mass is 10.1. The average molecular weight is 384 g/mol. The molecule has 0 heterocycles. The van der Waals surface area contributed by atoms with Crippen LogP contribution in [0.1, 0.15) is 31.9 Å². The van der Waals surface area contributed by atoms with E-state index < -0.39 is 5.97 Å². The number of rotatable bonds is 8. The molecule has 1 aromatic carbocycles. The molecule has 0 spiro atoms. The first-order chi connectivity index (χ1) is 10.3. The topological polar surface area (TPSA) is 69.6 Å². The number of hydrogen-bond donors (Lipinski definition) is 2. The summed E-state index contributed by atoms with van der Waals surface area (Å²) in [5, 5.41) is 12.7. The second-order valence-electron chi connectivity index (χ2n) is 5.06. The molecule has 23 heavy (non-hydrogen) atoms. The highest BCUT2D eigenvalue weighted by Crippen LogP contribution is 2.25. The average Bonchev–Trinajstić information content (AvgIpc) is 2.37. The molecule has 1 aromatic rings. The van der Waals surface area contributed by atoms with E-state index in [0.29, 0.717) is 16.6 Å². The molecule has 5 nitrogen and oxygen atoms in total. The summed E-state index contributed by atoms with van der Waals surface area (Å²) in [4.78, 5) is 24.4. The summed E-state index contributed by atoms with van der Waals surface area (Å²) < 4.78 is 0. The van der Waals surface area contributed by atoms with Crippen molar-refractivity contribution < 1.29 is 14.7 Å². The molecule has 0 aliphatic heterocycles. The molecule has 130 valence electrons. The summed E-state index contributed by atoms with van der Waals surface area (Å²) in [6, 6.07) is 4.80. The summed E-state index contributed by atoms with van der Waals surface area (Å²) >= 11 is 12.0. The molecule has 0 bridgehead atoms. The highest BCUT2D eigenvalue weighted by Gasteiger charge is 2.17. The van der Waals surface area contributed by atoms with Crippen LogP contribution in [0.4, 0.5) is 0 Å². The van der Waals surface area contributed by atoms with E-state index in [0.717, 1.165) is 12.0 Å². The Morgan fingerprint density at radius 3 is 2.48 bits per heavy atom. The summed E-state index contributed by atoms with van der Waals surface area (Å²) in [6.07, 6.45) is 0.777. The number of carboxylic acid groups (broad SMARTS) is 1. The zero-order valence-corrected chi connectivity index (χ0v) is 15.3. The van der Waals surface area contributed by atoms with Gasteiger partial charge in [-0.1, -0.05) is 36.2 Å². The maximum atomic E-state index is 12.1. The molecule has 0 saturated carbocycles. The lowest BCUT2D eigenvalue weighted by molar-refractivity contribution is -0.138. The van der Waals surface area contributed by atoms with Crippen LogP contribution in [0.5, 0.6) is 0 Å². The number of aliphatic carboxylic acids is 1. The number of carbonyl (C=O) groups is 2. The van der Waals surface area contributed by atoms with Crippen molar-refractivity contribution in [3.63, 3.8) is 0 Å². The largest absolute Gasteiger partial charge is 0.480 e. The van der Waals surface area contributed by atoms with E-state index in [2.05, 4.69) is 5.32 Å². The van der Waals surface area contributed by atoms with Crippen LogP contribution in [-0.2, 0) is 9.59 Å². The van der Waals surface area contributed by atoms with Crippen LogP contribution < -0.4 is 5.32 Å². The minimum atomic E-state index is -0.949. The third-order valence-electron chi connectivity index (χ3n) is 3.07. The molecule has 0 fully saturated rings.